The molecule has 2 rings (SSSR count). The summed E-state index contributed by atoms with van der Waals surface area (Å²) in [6.45, 7) is 6.70. The Morgan fingerprint density at radius 2 is 1.83 bits per heavy atom. The number of aromatic nitrogens is 1. The molecule has 2 heteroatoms. The summed E-state index contributed by atoms with van der Waals surface area (Å²) < 4.78 is 1.01. The third-order valence-electron chi connectivity index (χ3n) is 3.06. The van der Waals surface area contributed by atoms with E-state index in [-0.39, 0.29) is 5.41 Å². The van der Waals surface area contributed by atoms with E-state index in [0.29, 0.717) is 0 Å². The number of halogens is 1. The fourth-order valence-electron chi connectivity index (χ4n) is 1.93. The number of nitrogens with zero attached hydrogens (tertiary/aromatic N) is 1. The Morgan fingerprint density at radius 3 is 2.50 bits per heavy atom. The highest BCUT2D eigenvalue weighted by Gasteiger charge is 2.15. The first kappa shape index (κ1) is 13.5. The summed E-state index contributed by atoms with van der Waals surface area (Å²) in [5.41, 5.74) is 5.16. The molecule has 0 fully saturated rings. The zero-order chi connectivity index (χ0) is 13.2. The Morgan fingerprint density at radius 1 is 1.11 bits per heavy atom. The minimum absolute atomic E-state index is 0.164. The van der Waals surface area contributed by atoms with E-state index >= 15 is 0 Å². The van der Waals surface area contributed by atoms with Gasteiger partial charge in [0.15, 0.2) is 0 Å². The molecule has 1 aromatic carbocycles. The maximum absolute atomic E-state index is 4.53. The van der Waals surface area contributed by atoms with Crippen molar-refractivity contribution < 1.29 is 0 Å². The van der Waals surface area contributed by atoms with Crippen LogP contribution in [-0.2, 0) is 9.84 Å². The quantitative estimate of drug-likeness (QED) is 0.549. The van der Waals surface area contributed by atoms with E-state index in [4.69, 9.17) is 0 Å². The maximum Gasteiger partial charge on any atom is 0.0707 e. The molecular weight excluding hydrogens is 333 g/mol. The number of rotatable bonds is 2. The van der Waals surface area contributed by atoms with Crippen molar-refractivity contribution in [2.45, 2.75) is 30.6 Å². The van der Waals surface area contributed by atoms with Crippen LogP contribution in [0.25, 0.3) is 11.3 Å². The Kier molecular flexibility index (Phi) is 4.05. The summed E-state index contributed by atoms with van der Waals surface area (Å²) in [6.07, 6.45) is 1.92. The molecule has 94 valence electrons. The molecular formula is C16H18IN. The van der Waals surface area contributed by atoms with Gasteiger partial charge in [0, 0.05) is 16.2 Å². The van der Waals surface area contributed by atoms with Gasteiger partial charge in [-0.2, -0.15) is 0 Å². The van der Waals surface area contributed by atoms with E-state index in [1.807, 2.05) is 6.20 Å². The van der Waals surface area contributed by atoms with E-state index in [1.54, 1.807) is 0 Å². The largest absolute Gasteiger partial charge is 0.256 e. The van der Waals surface area contributed by atoms with Crippen LogP contribution in [0.3, 0.4) is 0 Å². The lowest BCUT2D eigenvalue weighted by atomic mass is 9.86. The molecule has 0 aliphatic heterocycles. The first-order valence-corrected chi connectivity index (χ1v) is 7.65. The molecule has 1 nitrogen and oxygen atoms in total. The van der Waals surface area contributed by atoms with Crippen LogP contribution < -0.4 is 0 Å². The zero-order valence-electron chi connectivity index (χ0n) is 11.1. The van der Waals surface area contributed by atoms with E-state index in [2.05, 4.69) is 84.7 Å². The van der Waals surface area contributed by atoms with Crippen molar-refractivity contribution in [2.24, 2.45) is 0 Å². The molecule has 0 amide bonds. The summed E-state index contributed by atoms with van der Waals surface area (Å²) in [6, 6.07) is 12.8. The van der Waals surface area contributed by atoms with Gasteiger partial charge in [-0.25, -0.2) is 0 Å². The van der Waals surface area contributed by atoms with Crippen molar-refractivity contribution in [3.05, 3.63) is 53.7 Å². The Labute approximate surface area is 123 Å². The van der Waals surface area contributed by atoms with E-state index in [0.717, 1.165) is 10.1 Å². The van der Waals surface area contributed by atoms with Crippen LogP contribution in [0.5, 0.6) is 0 Å². The molecule has 0 spiro atoms. The first-order valence-electron chi connectivity index (χ1n) is 6.13. The number of hydrogen-bond donors (Lipinski definition) is 0. The predicted octanol–water partition coefficient (Wildman–Crippen LogP) is 4.98. The fraction of sp³-hybridized carbons (Fsp3) is 0.312. The van der Waals surface area contributed by atoms with Crippen molar-refractivity contribution in [3.63, 3.8) is 0 Å². The van der Waals surface area contributed by atoms with Gasteiger partial charge < -0.3 is 0 Å². The summed E-state index contributed by atoms with van der Waals surface area (Å²) in [5.74, 6) is 0. The highest BCUT2D eigenvalue weighted by Crippen LogP contribution is 2.28. The third kappa shape index (κ3) is 2.91. The highest BCUT2D eigenvalue weighted by atomic mass is 127. The Hall–Kier alpha value is -0.900. The lowest BCUT2D eigenvalue weighted by molar-refractivity contribution is 0.589. The van der Waals surface area contributed by atoms with Crippen molar-refractivity contribution in [2.75, 3.05) is 0 Å². The third-order valence-corrected chi connectivity index (χ3v) is 3.89. The minimum Gasteiger partial charge on any atom is -0.256 e. The topological polar surface area (TPSA) is 12.9 Å². The van der Waals surface area contributed by atoms with Crippen LogP contribution in [0.1, 0.15) is 31.9 Å². The summed E-state index contributed by atoms with van der Waals surface area (Å²) in [5, 5.41) is 0. The molecule has 1 heterocycles. The number of benzene rings is 1. The minimum atomic E-state index is 0.164. The average Bonchev–Trinajstić information content (AvgIpc) is 2.38. The summed E-state index contributed by atoms with van der Waals surface area (Å²) in [4.78, 5) is 4.53. The van der Waals surface area contributed by atoms with Gasteiger partial charge in [0.2, 0.25) is 0 Å². The van der Waals surface area contributed by atoms with Gasteiger partial charge in [0.05, 0.1) is 5.69 Å². The van der Waals surface area contributed by atoms with E-state index in [9.17, 15) is 0 Å². The van der Waals surface area contributed by atoms with Crippen LogP contribution >= 0.6 is 22.6 Å². The predicted molar refractivity (Wildman–Crippen MR) is 86.1 cm³/mol. The van der Waals surface area contributed by atoms with E-state index in [1.165, 1.54) is 16.7 Å². The molecule has 2 aromatic rings. The first-order chi connectivity index (χ1) is 8.52. The van der Waals surface area contributed by atoms with Crippen molar-refractivity contribution >= 4 is 22.6 Å². The van der Waals surface area contributed by atoms with Crippen molar-refractivity contribution in [1.82, 2.24) is 4.98 Å². The Balaban J connectivity index is 2.51. The second-order valence-corrected chi connectivity index (χ2v) is 6.23. The average molecular weight is 351 g/mol. The smallest absolute Gasteiger partial charge is 0.0707 e. The second-order valence-electron chi connectivity index (χ2n) is 5.47. The molecule has 0 saturated heterocycles. The van der Waals surface area contributed by atoms with Gasteiger partial charge >= 0.3 is 0 Å². The van der Waals surface area contributed by atoms with Gasteiger partial charge in [-0.3, -0.25) is 4.98 Å². The molecule has 0 aliphatic rings. The maximum atomic E-state index is 4.53. The van der Waals surface area contributed by atoms with Gasteiger partial charge in [0.1, 0.15) is 0 Å². The SMILES string of the molecule is CC(C)(C)c1ccnc(-c2ccccc2CI)c1. The Bertz CT molecular complexity index is 541. The highest BCUT2D eigenvalue weighted by molar-refractivity contribution is 14.1. The van der Waals surface area contributed by atoms with Gasteiger partial charge in [-0.15, -0.1) is 0 Å². The lowest BCUT2D eigenvalue weighted by Crippen LogP contribution is -2.11. The number of alkyl halides is 1. The standard InChI is InChI=1S/C16H18IN/c1-16(2,3)13-8-9-18-15(10-13)14-7-5-4-6-12(14)11-17/h4-10H,11H2,1-3H3. The van der Waals surface area contributed by atoms with Crippen LogP contribution in [0.15, 0.2) is 42.6 Å². The van der Waals surface area contributed by atoms with Crippen molar-refractivity contribution in [3.8, 4) is 11.3 Å². The van der Waals surface area contributed by atoms with Crippen LogP contribution in [0.2, 0.25) is 0 Å². The molecule has 0 radical (unpaired) electrons. The van der Waals surface area contributed by atoms with Gasteiger partial charge in [-0.1, -0.05) is 67.6 Å². The fourth-order valence-corrected chi connectivity index (χ4v) is 2.60. The normalized spacial score (nSPS) is 11.6. The van der Waals surface area contributed by atoms with Gasteiger partial charge in [-0.05, 0) is 28.7 Å². The zero-order valence-corrected chi connectivity index (χ0v) is 13.2. The molecule has 0 saturated carbocycles. The number of pyridine rings is 1. The molecule has 0 unspecified atom stereocenters. The van der Waals surface area contributed by atoms with Crippen LogP contribution in [0, 0.1) is 0 Å². The van der Waals surface area contributed by atoms with E-state index < -0.39 is 0 Å². The van der Waals surface area contributed by atoms with Crippen LogP contribution in [-0.4, -0.2) is 4.98 Å². The molecule has 18 heavy (non-hydrogen) atoms. The lowest BCUT2D eigenvalue weighted by Gasteiger charge is -2.19. The van der Waals surface area contributed by atoms with Gasteiger partial charge in [0.25, 0.3) is 0 Å². The summed E-state index contributed by atoms with van der Waals surface area (Å²) >= 11 is 2.40. The molecule has 0 atom stereocenters. The number of hydrogen-bond acceptors (Lipinski definition) is 1. The molecule has 0 aliphatic carbocycles. The molecule has 0 bridgehead atoms. The van der Waals surface area contributed by atoms with Crippen molar-refractivity contribution in [1.29, 1.82) is 0 Å². The molecule has 0 N–H and O–H groups in total. The van der Waals surface area contributed by atoms with Crippen LogP contribution in [0.4, 0.5) is 0 Å². The summed E-state index contributed by atoms with van der Waals surface area (Å²) in [7, 11) is 0. The monoisotopic (exact) mass is 351 g/mol. The molecule has 1 aromatic heterocycles. The second kappa shape index (κ2) is 5.39.